The van der Waals surface area contributed by atoms with Crippen LogP contribution in [0.3, 0.4) is 0 Å². The van der Waals surface area contributed by atoms with Gasteiger partial charge in [0.15, 0.2) is 0 Å². The summed E-state index contributed by atoms with van der Waals surface area (Å²) in [6.45, 7) is 3.64. The molecule has 0 aromatic carbocycles. The van der Waals surface area contributed by atoms with Crippen LogP contribution in [0.1, 0.15) is 31.0 Å². The van der Waals surface area contributed by atoms with E-state index in [1.165, 1.54) is 11.9 Å². The van der Waals surface area contributed by atoms with Crippen LogP contribution in [0.5, 0.6) is 0 Å². The van der Waals surface area contributed by atoms with Crippen LogP contribution in [0.15, 0.2) is 54.0 Å². The summed E-state index contributed by atoms with van der Waals surface area (Å²) in [6.07, 6.45) is 7.22. The van der Waals surface area contributed by atoms with Crippen LogP contribution in [-0.2, 0) is 16.8 Å². The van der Waals surface area contributed by atoms with E-state index in [9.17, 15) is 4.79 Å². The highest BCUT2D eigenvalue weighted by atomic mass is 32.1. The van der Waals surface area contributed by atoms with Crippen LogP contribution in [0.4, 0.5) is 0 Å². The van der Waals surface area contributed by atoms with Crippen molar-refractivity contribution >= 4 is 17.2 Å². The first-order valence-electron chi connectivity index (χ1n) is 7.64. The molecule has 3 aromatic rings. The Kier molecular flexibility index (Phi) is 4.71. The largest absolute Gasteiger partial charge is 0.347 e. The highest BCUT2D eigenvalue weighted by molar-refractivity contribution is 7.07. The van der Waals surface area contributed by atoms with Crippen molar-refractivity contribution in [3.8, 4) is 0 Å². The first kappa shape index (κ1) is 16.3. The SMILES string of the molecule is CC(C)(C(=O)NC(Cc1ccsc1)c1cccnc1)n1cncn1. The third-order valence-corrected chi connectivity index (χ3v) is 4.69. The lowest BCUT2D eigenvalue weighted by atomic mass is 9.99. The van der Waals surface area contributed by atoms with Gasteiger partial charge in [-0.05, 0) is 54.3 Å². The Bertz CT molecular complexity index is 769. The van der Waals surface area contributed by atoms with Crippen LogP contribution in [0.25, 0.3) is 0 Å². The fourth-order valence-corrected chi connectivity index (χ4v) is 3.10. The normalized spacial score (nSPS) is 12.8. The maximum absolute atomic E-state index is 12.9. The molecule has 1 amide bonds. The zero-order valence-corrected chi connectivity index (χ0v) is 14.4. The van der Waals surface area contributed by atoms with Crippen LogP contribution in [0, 0.1) is 0 Å². The van der Waals surface area contributed by atoms with Gasteiger partial charge in [-0.15, -0.1) is 0 Å². The van der Waals surface area contributed by atoms with Gasteiger partial charge in [-0.25, -0.2) is 9.67 Å². The summed E-state index contributed by atoms with van der Waals surface area (Å²) in [7, 11) is 0. The summed E-state index contributed by atoms with van der Waals surface area (Å²) in [5.41, 5.74) is 1.34. The molecule has 3 heterocycles. The third-order valence-electron chi connectivity index (χ3n) is 3.96. The number of hydrogen-bond acceptors (Lipinski definition) is 5. The second-order valence-corrected chi connectivity index (χ2v) is 6.83. The summed E-state index contributed by atoms with van der Waals surface area (Å²) in [4.78, 5) is 21.0. The molecular weight excluding hydrogens is 322 g/mol. The van der Waals surface area contributed by atoms with Gasteiger partial charge in [0.25, 0.3) is 0 Å². The van der Waals surface area contributed by atoms with Gasteiger partial charge in [0.05, 0.1) is 6.04 Å². The lowest BCUT2D eigenvalue weighted by Gasteiger charge is -2.27. The van der Waals surface area contributed by atoms with E-state index in [-0.39, 0.29) is 11.9 Å². The van der Waals surface area contributed by atoms with Crippen molar-refractivity contribution in [3.63, 3.8) is 0 Å². The molecule has 0 saturated carbocycles. The standard InChI is InChI=1S/C17H19N5OS/c1-17(2,22-12-19-11-20-22)16(23)21-15(8-13-5-7-24-10-13)14-4-3-6-18-9-14/h3-7,9-12,15H,8H2,1-2H3,(H,21,23). The monoisotopic (exact) mass is 341 g/mol. The lowest BCUT2D eigenvalue weighted by Crippen LogP contribution is -2.46. The number of carbonyl (C=O) groups is 1. The van der Waals surface area contributed by atoms with Crippen LogP contribution >= 0.6 is 11.3 Å². The zero-order valence-electron chi connectivity index (χ0n) is 13.6. The Labute approximate surface area is 144 Å². The first-order chi connectivity index (χ1) is 11.6. The number of carbonyl (C=O) groups excluding carboxylic acids is 1. The molecule has 24 heavy (non-hydrogen) atoms. The van der Waals surface area contributed by atoms with Gasteiger partial charge in [0.2, 0.25) is 5.91 Å². The van der Waals surface area contributed by atoms with E-state index in [1.54, 1.807) is 34.7 Å². The maximum Gasteiger partial charge on any atom is 0.247 e. The average molecular weight is 341 g/mol. The summed E-state index contributed by atoms with van der Waals surface area (Å²) >= 11 is 1.65. The number of pyridine rings is 1. The van der Waals surface area contributed by atoms with Gasteiger partial charge >= 0.3 is 0 Å². The molecule has 0 aliphatic heterocycles. The number of nitrogens with one attached hydrogen (secondary N) is 1. The number of rotatable bonds is 6. The van der Waals surface area contributed by atoms with E-state index in [1.807, 2.05) is 31.4 Å². The summed E-state index contributed by atoms with van der Waals surface area (Å²) in [5, 5.41) is 11.4. The number of nitrogens with zero attached hydrogens (tertiary/aromatic N) is 4. The van der Waals surface area contributed by atoms with Gasteiger partial charge in [-0.3, -0.25) is 9.78 Å². The molecule has 6 nitrogen and oxygen atoms in total. The zero-order chi connectivity index (χ0) is 17.0. The smallest absolute Gasteiger partial charge is 0.247 e. The third kappa shape index (κ3) is 3.51. The van der Waals surface area contributed by atoms with E-state index in [2.05, 4.69) is 31.8 Å². The molecular formula is C17H19N5OS. The number of amides is 1. The molecule has 0 aliphatic carbocycles. The molecule has 1 N–H and O–H groups in total. The number of hydrogen-bond donors (Lipinski definition) is 1. The molecule has 0 radical (unpaired) electrons. The molecule has 1 unspecified atom stereocenters. The van der Waals surface area contributed by atoms with Crippen molar-refractivity contribution < 1.29 is 4.79 Å². The number of thiophene rings is 1. The van der Waals surface area contributed by atoms with E-state index in [0.717, 1.165) is 5.56 Å². The molecule has 0 saturated heterocycles. The van der Waals surface area contributed by atoms with Gasteiger partial charge in [0.1, 0.15) is 18.2 Å². The van der Waals surface area contributed by atoms with Crippen molar-refractivity contribution in [1.29, 1.82) is 0 Å². The molecule has 0 spiro atoms. The van der Waals surface area contributed by atoms with E-state index >= 15 is 0 Å². The van der Waals surface area contributed by atoms with Crippen molar-refractivity contribution in [1.82, 2.24) is 25.1 Å². The van der Waals surface area contributed by atoms with Gasteiger partial charge in [-0.2, -0.15) is 16.4 Å². The Morgan fingerprint density at radius 3 is 2.88 bits per heavy atom. The highest BCUT2D eigenvalue weighted by Crippen LogP contribution is 2.22. The molecule has 0 bridgehead atoms. The molecule has 1 atom stereocenters. The topological polar surface area (TPSA) is 72.7 Å². The Morgan fingerprint density at radius 1 is 1.38 bits per heavy atom. The van der Waals surface area contributed by atoms with E-state index < -0.39 is 5.54 Å². The second kappa shape index (κ2) is 6.92. The maximum atomic E-state index is 12.9. The van der Waals surface area contributed by atoms with Gasteiger partial charge in [-0.1, -0.05) is 6.07 Å². The Balaban J connectivity index is 1.82. The molecule has 3 aromatic heterocycles. The van der Waals surface area contributed by atoms with Crippen LogP contribution in [0.2, 0.25) is 0 Å². The first-order valence-corrected chi connectivity index (χ1v) is 8.58. The van der Waals surface area contributed by atoms with Crippen molar-refractivity contribution in [2.24, 2.45) is 0 Å². The molecule has 7 heteroatoms. The number of aromatic nitrogens is 4. The minimum absolute atomic E-state index is 0.114. The molecule has 0 fully saturated rings. The minimum atomic E-state index is -0.828. The molecule has 124 valence electrons. The quantitative estimate of drug-likeness (QED) is 0.748. The average Bonchev–Trinajstić information content (AvgIpc) is 3.29. The Hall–Kier alpha value is -2.54. The van der Waals surface area contributed by atoms with Gasteiger partial charge < -0.3 is 5.32 Å². The van der Waals surface area contributed by atoms with Crippen molar-refractivity contribution in [2.75, 3.05) is 0 Å². The van der Waals surface area contributed by atoms with Gasteiger partial charge in [0, 0.05) is 12.4 Å². The summed E-state index contributed by atoms with van der Waals surface area (Å²) < 4.78 is 1.56. The minimum Gasteiger partial charge on any atom is -0.347 e. The second-order valence-electron chi connectivity index (χ2n) is 6.05. The fraction of sp³-hybridized carbons (Fsp3) is 0.294. The molecule has 3 rings (SSSR count). The van der Waals surface area contributed by atoms with Crippen LogP contribution < -0.4 is 5.32 Å². The summed E-state index contributed by atoms with van der Waals surface area (Å²) in [5.74, 6) is -0.114. The Morgan fingerprint density at radius 2 is 2.25 bits per heavy atom. The fourth-order valence-electron chi connectivity index (χ4n) is 2.41. The predicted octanol–water partition coefficient (Wildman–Crippen LogP) is 2.57. The van der Waals surface area contributed by atoms with Crippen molar-refractivity contribution in [2.45, 2.75) is 31.8 Å². The van der Waals surface area contributed by atoms with E-state index in [0.29, 0.717) is 6.42 Å². The summed E-state index contributed by atoms with van der Waals surface area (Å²) in [6, 6.07) is 5.78. The van der Waals surface area contributed by atoms with Crippen molar-refractivity contribution in [3.05, 3.63) is 65.1 Å². The molecule has 0 aliphatic rings. The predicted molar refractivity (Wildman–Crippen MR) is 92.5 cm³/mol. The highest BCUT2D eigenvalue weighted by Gasteiger charge is 2.32. The lowest BCUT2D eigenvalue weighted by molar-refractivity contribution is -0.129. The van der Waals surface area contributed by atoms with Crippen LogP contribution in [-0.4, -0.2) is 25.7 Å². The van der Waals surface area contributed by atoms with E-state index in [4.69, 9.17) is 0 Å².